The largest absolute Gasteiger partial charge is 0.387 e. The molecule has 156 valence electrons. The molecule has 29 heavy (non-hydrogen) atoms. The van der Waals surface area contributed by atoms with Gasteiger partial charge in [0.1, 0.15) is 5.82 Å². The third-order valence-electron chi connectivity index (χ3n) is 5.82. The molecule has 1 N–H and O–H groups in total. The SMILES string of the molecule is Cl.O=C1c2ccc(Br)cc2CN1CC1CCN(C[C@H](O)c2ccc(F)cc2)CC1. The van der Waals surface area contributed by atoms with Crippen LogP contribution in [0.3, 0.4) is 0 Å². The number of amides is 1. The summed E-state index contributed by atoms with van der Waals surface area (Å²) in [4.78, 5) is 16.8. The van der Waals surface area contributed by atoms with Crippen molar-refractivity contribution in [1.82, 2.24) is 9.80 Å². The average molecular weight is 484 g/mol. The summed E-state index contributed by atoms with van der Waals surface area (Å²) < 4.78 is 14.0. The second-order valence-corrected chi connectivity index (χ2v) is 8.71. The zero-order valence-electron chi connectivity index (χ0n) is 16.1. The van der Waals surface area contributed by atoms with Crippen molar-refractivity contribution in [3.05, 3.63) is 69.4 Å². The molecule has 2 heterocycles. The number of piperidine rings is 1. The van der Waals surface area contributed by atoms with Crippen LogP contribution >= 0.6 is 28.3 Å². The van der Waals surface area contributed by atoms with Crippen molar-refractivity contribution in [2.45, 2.75) is 25.5 Å². The molecule has 4 nitrogen and oxygen atoms in total. The third kappa shape index (κ3) is 5.18. The second kappa shape index (κ2) is 9.56. The lowest BCUT2D eigenvalue weighted by Crippen LogP contribution is -2.40. The Hall–Kier alpha value is -1.47. The number of hydrogen-bond acceptors (Lipinski definition) is 3. The van der Waals surface area contributed by atoms with Crippen molar-refractivity contribution in [2.75, 3.05) is 26.2 Å². The number of aliphatic hydroxyl groups is 1. The van der Waals surface area contributed by atoms with Crippen LogP contribution in [0.1, 0.15) is 40.4 Å². The van der Waals surface area contributed by atoms with E-state index in [-0.39, 0.29) is 24.1 Å². The van der Waals surface area contributed by atoms with Crippen LogP contribution in [0.4, 0.5) is 4.39 Å². The fourth-order valence-corrected chi connectivity index (χ4v) is 4.60. The number of fused-ring (bicyclic) bond motifs is 1. The minimum atomic E-state index is -0.606. The van der Waals surface area contributed by atoms with E-state index in [1.165, 1.54) is 12.1 Å². The van der Waals surface area contributed by atoms with Gasteiger partial charge in [-0.1, -0.05) is 28.1 Å². The number of benzene rings is 2. The first-order chi connectivity index (χ1) is 13.5. The molecule has 1 amide bonds. The van der Waals surface area contributed by atoms with Crippen molar-refractivity contribution < 1.29 is 14.3 Å². The van der Waals surface area contributed by atoms with E-state index >= 15 is 0 Å². The molecule has 0 bridgehead atoms. The van der Waals surface area contributed by atoms with Gasteiger partial charge in [-0.15, -0.1) is 12.4 Å². The fraction of sp³-hybridized carbons (Fsp3) is 0.409. The van der Waals surface area contributed by atoms with E-state index in [1.807, 2.05) is 23.1 Å². The molecule has 1 saturated heterocycles. The Balaban J connectivity index is 0.00000240. The van der Waals surface area contributed by atoms with E-state index < -0.39 is 6.10 Å². The summed E-state index contributed by atoms with van der Waals surface area (Å²) in [6, 6.07) is 11.9. The van der Waals surface area contributed by atoms with Crippen molar-refractivity contribution in [1.29, 1.82) is 0 Å². The maximum atomic E-state index is 13.0. The number of hydrogen-bond donors (Lipinski definition) is 1. The smallest absolute Gasteiger partial charge is 0.254 e. The Kier molecular flexibility index (Phi) is 7.32. The van der Waals surface area contributed by atoms with E-state index in [0.29, 0.717) is 19.0 Å². The zero-order valence-corrected chi connectivity index (χ0v) is 18.5. The first-order valence-electron chi connectivity index (χ1n) is 9.73. The number of rotatable bonds is 5. The topological polar surface area (TPSA) is 43.8 Å². The van der Waals surface area contributed by atoms with Crippen LogP contribution in [0.15, 0.2) is 46.9 Å². The van der Waals surface area contributed by atoms with Gasteiger partial charge in [0.2, 0.25) is 0 Å². The molecule has 0 aliphatic carbocycles. The minimum Gasteiger partial charge on any atom is -0.387 e. The zero-order chi connectivity index (χ0) is 19.7. The summed E-state index contributed by atoms with van der Waals surface area (Å²) in [6.07, 6.45) is 1.42. The van der Waals surface area contributed by atoms with Crippen LogP contribution in [0.25, 0.3) is 0 Å². The van der Waals surface area contributed by atoms with E-state index in [4.69, 9.17) is 0 Å². The van der Waals surface area contributed by atoms with Crippen LogP contribution in [0, 0.1) is 11.7 Å². The van der Waals surface area contributed by atoms with Gasteiger partial charge in [0.15, 0.2) is 0 Å². The standard InChI is InChI=1S/C22H24BrFN2O2.ClH/c23-18-3-6-20-17(11-18)13-26(22(20)28)12-15-7-9-25(10-8-15)14-21(27)16-1-4-19(24)5-2-16;/h1-6,11,15,21,27H,7-10,12-14H2;1H/t21-;/m0./s1. The van der Waals surface area contributed by atoms with Gasteiger partial charge in [0, 0.05) is 29.7 Å². The number of β-amino-alcohol motifs (C(OH)–C–C–N with tert-alkyl or cyclic N) is 1. The predicted octanol–water partition coefficient (Wildman–Crippen LogP) is 4.41. The van der Waals surface area contributed by atoms with Gasteiger partial charge in [0.25, 0.3) is 5.91 Å². The molecule has 7 heteroatoms. The molecule has 0 spiro atoms. The molecule has 2 aromatic rings. The first kappa shape index (κ1) is 22.2. The van der Waals surface area contributed by atoms with Crippen LogP contribution in [0.2, 0.25) is 0 Å². The Morgan fingerprint density at radius 3 is 2.52 bits per heavy atom. The molecule has 1 atom stereocenters. The molecular formula is C22H25BrClFN2O2. The Morgan fingerprint density at radius 1 is 1.14 bits per heavy atom. The number of carbonyl (C=O) groups excluding carboxylic acids is 1. The van der Waals surface area contributed by atoms with Gasteiger partial charge < -0.3 is 14.9 Å². The highest BCUT2D eigenvalue weighted by Gasteiger charge is 2.30. The molecule has 2 aliphatic heterocycles. The highest BCUT2D eigenvalue weighted by molar-refractivity contribution is 9.10. The van der Waals surface area contributed by atoms with Crippen molar-refractivity contribution in [3.8, 4) is 0 Å². The summed E-state index contributed by atoms with van der Waals surface area (Å²) in [7, 11) is 0. The summed E-state index contributed by atoms with van der Waals surface area (Å²) in [5.74, 6) is 0.334. The molecular weight excluding hydrogens is 459 g/mol. The average Bonchev–Trinajstić information content (AvgIpc) is 2.98. The normalized spacial score (nSPS) is 18.4. The lowest BCUT2D eigenvalue weighted by atomic mass is 9.95. The summed E-state index contributed by atoms with van der Waals surface area (Å²) in [6.45, 7) is 3.85. The number of aliphatic hydroxyl groups excluding tert-OH is 1. The van der Waals surface area contributed by atoms with Gasteiger partial charge >= 0.3 is 0 Å². The predicted molar refractivity (Wildman–Crippen MR) is 117 cm³/mol. The van der Waals surface area contributed by atoms with Crippen molar-refractivity contribution in [3.63, 3.8) is 0 Å². The van der Waals surface area contributed by atoms with Crippen LogP contribution < -0.4 is 0 Å². The molecule has 0 unspecified atom stereocenters. The van der Waals surface area contributed by atoms with Gasteiger partial charge in [0.05, 0.1) is 6.10 Å². The maximum Gasteiger partial charge on any atom is 0.254 e. The maximum absolute atomic E-state index is 13.0. The van der Waals surface area contributed by atoms with Crippen LogP contribution in [-0.4, -0.2) is 47.0 Å². The quantitative estimate of drug-likeness (QED) is 0.685. The molecule has 1 fully saturated rings. The van der Waals surface area contributed by atoms with Crippen LogP contribution in [0.5, 0.6) is 0 Å². The lowest BCUT2D eigenvalue weighted by molar-refractivity contribution is 0.0654. The third-order valence-corrected chi connectivity index (χ3v) is 6.31. The molecule has 0 radical (unpaired) electrons. The Morgan fingerprint density at radius 2 is 1.83 bits per heavy atom. The molecule has 2 aromatic carbocycles. The van der Waals surface area contributed by atoms with E-state index in [9.17, 15) is 14.3 Å². The van der Waals surface area contributed by atoms with E-state index in [2.05, 4.69) is 20.8 Å². The van der Waals surface area contributed by atoms with Gasteiger partial charge in [-0.05, 0) is 73.3 Å². The van der Waals surface area contributed by atoms with E-state index in [1.54, 1.807) is 12.1 Å². The molecule has 0 aromatic heterocycles. The van der Waals surface area contributed by atoms with Crippen molar-refractivity contribution >= 4 is 34.2 Å². The van der Waals surface area contributed by atoms with Gasteiger partial charge in [-0.25, -0.2) is 4.39 Å². The number of likely N-dealkylation sites (tertiary alicyclic amines) is 1. The lowest BCUT2D eigenvalue weighted by Gasteiger charge is -2.34. The van der Waals surface area contributed by atoms with Crippen LogP contribution in [-0.2, 0) is 6.54 Å². The highest BCUT2D eigenvalue weighted by atomic mass is 79.9. The van der Waals surface area contributed by atoms with Crippen molar-refractivity contribution in [2.24, 2.45) is 5.92 Å². The number of halogens is 3. The summed E-state index contributed by atoms with van der Waals surface area (Å²) in [5, 5.41) is 10.4. The highest BCUT2D eigenvalue weighted by Crippen LogP contribution is 2.29. The second-order valence-electron chi connectivity index (χ2n) is 7.80. The summed E-state index contributed by atoms with van der Waals surface area (Å²) >= 11 is 3.48. The molecule has 4 rings (SSSR count). The first-order valence-corrected chi connectivity index (χ1v) is 10.5. The van der Waals surface area contributed by atoms with Gasteiger partial charge in [-0.3, -0.25) is 4.79 Å². The molecule has 2 aliphatic rings. The monoisotopic (exact) mass is 482 g/mol. The van der Waals surface area contributed by atoms with E-state index in [0.717, 1.165) is 53.6 Å². The Bertz CT molecular complexity index is 856. The molecule has 0 saturated carbocycles. The minimum absolute atomic E-state index is 0. The fourth-order valence-electron chi connectivity index (χ4n) is 4.20. The number of carbonyl (C=O) groups is 1. The number of nitrogens with zero attached hydrogens (tertiary/aromatic N) is 2. The summed E-state index contributed by atoms with van der Waals surface area (Å²) in [5.41, 5.74) is 2.66. The van der Waals surface area contributed by atoms with Gasteiger partial charge in [-0.2, -0.15) is 0 Å². The Labute approximate surface area is 185 Å².